The third-order valence-electron chi connectivity index (χ3n) is 4.30. The number of nitrogens with zero attached hydrogens (tertiary/aromatic N) is 1. The maximum atomic E-state index is 10.8. The summed E-state index contributed by atoms with van der Waals surface area (Å²) in [4.78, 5) is 14.2. The summed E-state index contributed by atoms with van der Waals surface area (Å²) in [6.45, 7) is 1.18. The van der Waals surface area contributed by atoms with Crippen molar-refractivity contribution < 1.29 is 4.79 Å². The van der Waals surface area contributed by atoms with E-state index in [2.05, 4.69) is 16.3 Å². The van der Waals surface area contributed by atoms with Gasteiger partial charge in [0.2, 0.25) is 0 Å². The minimum absolute atomic E-state index is 0.742. The highest BCUT2D eigenvalue weighted by Crippen LogP contribution is 2.38. The smallest absolute Gasteiger partial charge is 0.160 e. The lowest BCUT2D eigenvalue weighted by Gasteiger charge is -2.45. The minimum Gasteiger partial charge on any atom is -0.368 e. The number of fused-ring (bicyclic) bond motifs is 1. The number of aldehydes is 1. The summed E-state index contributed by atoms with van der Waals surface area (Å²) >= 11 is 1.57. The van der Waals surface area contributed by atoms with Crippen molar-refractivity contribution in [2.45, 2.75) is 44.6 Å². The molecule has 1 aromatic heterocycles. The number of hydrogen-bond donors (Lipinski definition) is 0. The van der Waals surface area contributed by atoms with E-state index in [9.17, 15) is 4.79 Å². The number of piperidine rings is 1. The van der Waals surface area contributed by atoms with Gasteiger partial charge in [0.1, 0.15) is 0 Å². The molecule has 2 unspecified atom stereocenters. The molecular formula is C14H19NOS. The summed E-state index contributed by atoms with van der Waals surface area (Å²) in [5, 5.41) is 2.15. The van der Waals surface area contributed by atoms with Gasteiger partial charge in [-0.2, -0.15) is 0 Å². The first-order valence-electron chi connectivity index (χ1n) is 6.69. The number of carbonyl (C=O) groups excluding carboxylic acids is 1. The van der Waals surface area contributed by atoms with Crippen molar-refractivity contribution in [1.82, 2.24) is 0 Å². The molecule has 0 bridgehead atoms. The molecule has 0 spiro atoms. The van der Waals surface area contributed by atoms with E-state index in [-0.39, 0.29) is 0 Å². The predicted octanol–water partition coefficient (Wildman–Crippen LogP) is 3.72. The van der Waals surface area contributed by atoms with Crippen LogP contribution in [0.3, 0.4) is 0 Å². The Morgan fingerprint density at radius 3 is 2.88 bits per heavy atom. The van der Waals surface area contributed by atoms with E-state index in [1.165, 1.54) is 50.8 Å². The van der Waals surface area contributed by atoms with E-state index in [1.54, 1.807) is 11.3 Å². The SMILES string of the molecule is O=Cc1cc(N2CCCC3CCCCC32)cs1. The second-order valence-electron chi connectivity index (χ2n) is 5.27. The first-order valence-corrected chi connectivity index (χ1v) is 7.57. The van der Waals surface area contributed by atoms with E-state index >= 15 is 0 Å². The Labute approximate surface area is 107 Å². The molecule has 0 amide bonds. The molecule has 0 radical (unpaired) electrons. The van der Waals surface area contributed by atoms with Gasteiger partial charge in [0.25, 0.3) is 0 Å². The molecule has 3 heteroatoms. The molecule has 1 aliphatic heterocycles. The maximum Gasteiger partial charge on any atom is 0.160 e. The van der Waals surface area contributed by atoms with Crippen molar-refractivity contribution in [2.75, 3.05) is 11.4 Å². The summed E-state index contributed by atoms with van der Waals surface area (Å²) in [5.74, 6) is 0.900. The summed E-state index contributed by atoms with van der Waals surface area (Å²) in [5.41, 5.74) is 1.29. The third kappa shape index (κ3) is 2.13. The number of thiophene rings is 1. The summed E-state index contributed by atoms with van der Waals surface area (Å²) < 4.78 is 0. The molecule has 1 saturated carbocycles. The summed E-state index contributed by atoms with van der Waals surface area (Å²) in [6, 6.07) is 2.81. The molecule has 2 nitrogen and oxygen atoms in total. The molecule has 2 atom stereocenters. The minimum atomic E-state index is 0.742. The summed E-state index contributed by atoms with van der Waals surface area (Å²) in [6.07, 6.45) is 9.24. The van der Waals surface area contributed by atoms with Crippen LogP contribution < -0.4 is 4.90 Å². The standard InChI is InChI=1S/C14H19NOS/c16-9-13-8-12(10-17-13)15-7-3-5-11-4-1-2-6-14(11)15/h8-11,14H,1-7H2. The molecular weight excluding hydrogens is 230 g/mol. The average Bonchev–Trinajstić information content (AvgIpc) is 2.87. The van der Waals surface area contributed by atoms with Gasteiger partial charge in [-0.15, -0.1) is 11.3 Å². The van der Waals surface area contributed by atoms with Crippen LogP contribution in [0.4, 0.5) is 5.69 Å². The Morgan fingerprint density at radius 1 is 1.24 bits per heavy atom. The van der Waals surface area contributed by atoms with E-state index < -0.39 is 0 Å². The number of rotatable bonds is 2. The molecule has 92 valence electrons. The van der Waals surface area contributed by atoms with Crippen LogP contribution >= 0.6 is 11.3 Å². The fourth-order valence-electron chi connectivity index (χ4n) is 3.50. The van der Waals surface area contributed by atoms with E-state index in [0.717, 1.165) is 23.1 Å². The van der Waals surface area contributed by atoms with Gasteiger partial charge < -0.3 is 4.90 Å². The van der Waals surface area contributed by atoms with Crippen LogP contribution in [0.25, 0.3) is 0 Å². The van der Waals surface area contributed by atoms with Gasteiger partial charge in [-0.05, 0) is 37.7 Å². The maximum absolute atomic E-state index is 10.8. The Morgan fingerprint density at radius 2 is 2.06 bits per heavy atom. The largest absolute Gasteiger partial charge is 0.368 e. The average molecular weight is 249 g/mol. The number of carbonyl (C=O) groups is 1. The van der Waals surface area contributed by atoms with Crippen molar-refractivity contribution in [2.24, 2.45) is 5.92 Å². The first-order chi connectivity index (χ1) is 8.38. The zero-order valence-electron chi connectivity index (χ0n) is 10.1. The van der Waals surface area contributed by atoms with Crippen LogP contribution in [0, 0.1) is 5.92 Å². The van der Waals surface area contributed by atoms with Crippen LogP contribution in [-0.2, 0) is 0 Å². The third-order valence-corrected chi connectivity index (χ3v) is 5.14. The lowest BCUT2D eigenvalue weighted by Crippen LogP contribution is -2.46. The van der Waals surface area contributed by atoms with Gasteiger partial charge in [0.15, 0.2) is 6.29 Å². The topological polar surface area (TPSA) is 20.3 Å². The lowest BCUT2D eigenvalue weighted by molar-refractivity contribution is 0.112. The fraction of sp³-hybridized carbons (Fsp3) is 0.643. The Balaban J connectivity index is 1.82. The molecule has 3 rings (SSSR count). The molecule has 2 heterocycles. The highest BCUT2D eigenvalue weighted by atomic mass is 32.1. The molecule has 1 aliphatic carbocycles. The number of anilines is 1. The molecule has 0 aromatic carbocycles. The predicted molar refractivity (Wildman–Crippen MR) is 72.0 cm³/mol. The van der Waals surface area contributed by atoms with Crippen molar-refractivity contribution >= 4 is 23.3 Å². The van der Waals surface area contributed by atoms with Crippen molar-refractivity contribution in [3.05, 3.63) is 16.3 Å². The van der Waals surface area contributed by atoms with Gasteiger partial charge in [-0.1, -0.05) is 12.8 Å². The van der Waals surface area contributed by atoms with Gasteiger partial charge in [0, 0.05) is 23.7 Å². The molecule has 1 aromatic rings. The second kappa shape index (κ2) is 4.81. The zero-order chi connectivity index (χ0) is 11.7. The highest BCUT2D eigenvalue weighted by molar-refractivity contribution is 7.12. The van der Waals surface area contributed by atoms with Crippen molar-refractivity contribution in [1.29, 1.82) is 0 Å². The first kappa shape index (κ1) is 11.3. The Hall–Kier alpha value is -0.830. The quantitative estimate of drug-likeness (QED) is 0.745. The van der Waals surface area contributed by atoms with E-state index in [1.807, 2.05) is 0 Å². The van der Waals surface area contributed by atoms with Crippen LogP contribution in [-0.4, -0.2) is 18.9 Å². The van der Waals surface area contributed by atoms with Gasteiger partial charge in [-0.3, -0.25) is 4.79 Å². The normalized spacial score (nSPS) is 28.8. The van der Waals surface area contributed by atoms with Crippen LogP contribution in [0.1, 0.15) is 48.2 Å². The fourth-order valence-corrected chi connectivity index (χ4v) is 4.20. The van der Waals surface area contributed by atoms with Crippen LogP contribution in [0.2, 0.25) is 0 Å². The van der Waals surface area contributed by atoms with Gasteiger partial charge in [-0.25, -0.2) is 0 Å². The van der Waals surface area contributed by atoms with E-state index in [4.69, 9.17) is 0 Å². The van der Waals surface area contributed by atoms with E-state index in [0.29, 0.717) is 0 Å². The highest BCUT2D eigenvalue weighted by Gasteiger charge is 2.33. The number of hydrogen-bond acceptors (Lipinski definition) is 3. The van der Waals surface area contributed by atoms with Crippen molar-refractivity contribution in [3.8, 4) is 0 Å². The summed E-state index contributed by atoms with van der Waals surface area (Å²) in [7, 11) is 0. The molecule has 2 aliphatic rings. The molecule has 1 saturated heterocycles. The molecule has 0 N–H and O–H groups in total. The molecule has 17 heavy (non-hydrogen) atoms. The second-order valence-corrected chi connectivity index (χ2v) is 6.22. The Bertz CT molecular complexity index is 399. The zero-order valence-corrected chi connectivity index (χ0v) is 10.9. The molecule has 2 fully saturated rings. The monoisotopic (exact) mass is 249 g/mol. The van der Waals surface area contributed by atoms with Gasteiger partial charge >= 0.3 is 0 Å². The van der Waals surface area contributed by atoms with Crippen molar-refractivity contribution in [3.63, 3.8) is 0 Å². The van der Waals surface area contributed by atoms with Crippen LogP contribution in [0.5, 0.6) is 0 Å². The lowest BCUT2D eigenvalue weighted by atomic mass is 9.78. The van der Waals surface area contributed by atoms with Crippen LogP contribution in [0.15, 0.2) is 11.4 Å². The Kier molecular flexibility index (Phi) is 3.19. The van der Waals surface area contributed by atoms with Gasteiger partial charge in [0.05, 0.1) is 4.88 Å².